The van der Waals surface area contributed by atoms with Gasteiger partial charge in [-0.3, -0.25) is 4.79 Å². The molecule has 0 spiro atoms. The monoisotopic (exact) mass is 483 g/mol. The summed E-state index contributed by atoms with van der Waals surface area (Å²) in [6.45, 7) is 2.20. The van der Waals surface area contributed by atoms with E-state index in [0.29, 0.717) is 11.1 Å². The first-order valence-electron chi connectivity index (χ1n) is 10.6. The third-order valence-corrected chi connectivity index (χ3v) is 7.26. The molecule has 1 saturated heterocycles. The van der Waals surface area contributed by atoms with Crippen molar-refractivity contribution in [3.8, 4) is 11.1 Å². The summed E-state index contributed by atoms with van der Waals surface area (Å²) in [5.41, 5.74) is 1.04. The van der Waals surface area contributed by atoms with Crippen LogP contribution in [0.5, 0.6) is 0 Å². The second-order valence-electron chi connectivity index (χ2n) is 8.68. The van der Waals surface area contributed by atoms with E-state index in [1.807, 2.05) is 4.72 Å². The number of likely N-dealkylation sites (tertiary alicyclic amines) is 1. The fourth-order valence-corrected chi connectivity index (χ4v) is 4.80. The Labute approximate surface area is 192 Å². The number of rotatable bonds is 7. The highest BCUT2D eigenvalue weighted by Gasteiger charge is 2.57. The lowest BCUT2D eigenvalue weighted by atomic mass is 9.95. The number of carbonyl (C=O) groups is 1. The van der Waals surface area contributed by atoms with E-state index in [0.717, 1.165) is 9.21 Å². The van der Waals surface area contributed by atoms with Crippen LogP contribution in [0.2, 0.25) is 0 Å². The van der Waals surface area contributed by atoms with Crippen LogP contribution in [-0.4, -0.2) is 62.2 Å². The van der Waals surface area contributed by atoms with Crippen molar-refractivity contribution < 1.29 is 26.4 Å². The van der Waals surface area contributed by atoms with Crippen LogP contribution in [0.3, 0.4) is 0 Å². The number of hydrogen-bond donors (Lipinski definition) is 1. The lowest BCUT2D eigenvalue weighted by Crippen LogP contribution is -2.55. The molecule has 2 aromatic carbocycles. The number of halogens is 3. The molecule has 0 aliphatic carbocycles. The summed E-state index contributed by atoms with van der Waals surface area (Å²) in [6.07, 6.45) is -0.277. The maximum absolute atomic E-state index is 15.4. The van der Waals surface area contributed by atoms with Crippen molar-refractivity contribution in [2.24, 2.45) is 5.92 Å². The maximum atomic E-state index is 15.4. The highest BCUT2D eigenvalue weighted by Crippen LogP contribution is 2.37. The highest BCUT2D eigenvalue weighted by atomic mass is 32.2. The molecule has 0 bridgehead atoms. The van der Waals surface area contributed by atoms with E-state index in [4.69, 9.17) is 0 Å². The fraction of sp³-hybridized carbons (Fsp3) is 0.435. The van der Waals surface area contributed by atoms with Gasteiger partial charge < -0.3 is 4.90 Å². The quantitative estimate of drug-likeness (QED) is 0.657. The fourth-order valence-electron chi connectivity index (χ4n) is 3.94. The second kappa shape index (κ2) is 9.44. The van der Waals surface area contributed by atoms with Crippen molar-refractivity contribution in [1.82, 2.24) is 13.9 Å². The Morgan fingerprint density at radius 1 is 1.15 bits per heavy atom. The molecule has 0 saturated carbocycles. The summed E-state index contributed by atoms with van der Waals surface area (Å²) >= 11 is 0. The third-order valence-electron chi connectivity index (χ3n) is 5.75. The van der Waals surface area contributed by atoms with Crippen LogP contribution >= 0.6 is 0 Å². The van der Waals surface area contributed by atoms with Crippen LogP contribution in [0.1, 0.15) is 19.4 Å². The zero-order valence-corrected chi connectivity index (χ0v) is 19.7. The van der Waals surface area contributed by atoms with Crippen molar-refractivity contribution in [3.63, 3.8) is 0 Å². The predicted molar refractivity (Wildman–Crippen MR) is 120 cm³/mol. The molecule has 0 radical (unpaired) electrons. The number of alkyl halides is 2. The first-order chi connectivity index (χ1) is 15.3. The van der Waals surface area contributed by atoms with Gasteiger partial charge in [0.05, 0.1) is 12.6 Å². The van der Waals surface area contributed by atoms with Gasteiger partial charge in [-0.15, -0.1) is 0 Å². The van der Waals surface area contributed by atoms with Crippen LogP contribution in [0.4, 0.5) is 13.2 Å². The molecule has 6 nitrogen and oxygen atoms in total. The Kier molecular flexibility index (Phi) is 7.21. The van der Waals surface area contributed by atoms with Gasteiger partial charge in [-0.05, 0) is 17.5 Å². The molecule has 2 aromatic rings. The topological polar surface area (TPSA) is 69.7 Å². The van der Waals surface area contributed by atoms with E-state index in [1.165, 1.54) is 20.2 Å². The molecular formula is C23H28F3N3O3S. The van der Waals surface area contributed by atoms with Gasteiger partial charge in [0.2, 0.25) is 5.91 Å². The van der Waals surface area contributed by atoms with E-state index in [2.05, 4.69) is 0 Å². The normalized spacial score (nSPS) is 20.6. The van der Waals surface area contributed by atoms with Gasteiger partial charge in [0, 0.05) is 25.6 Å². The molecule has 2 atom stereocenters. The summed E-state index contributed by atoms with van der Waals surface area (Å²) in [6, 6.07) is 10.3. The Bertz CT molecular complexity index is 1110. The maximum Gasteiger partial charge on any atom is 0.283 e. The molecule has 1 fully saturated rings. The summed E-state index contributed by atoms with van der Waals surface area (Å²) < 4.78 is 73.1. The highest BCUT2D eigenvalue weighted by molar-refractivity contribution is 7.87. The number of nitrogens with zero attached hydrogens (tertiary/aromatic N) is 2. The summed E-state index contributed by atoms with van der Waals surface area (Å²) in [5.74, 6) is -5.27. The number of benzene rings is 2. The van der Waals surface area contributed by atoms with Crippen LogP contribution in [0.15, 0.2) is 48.5 Å². The molecule has 10 heteroatoms. The summed E-state index contributed by atoms with van der Waals surface area (Å²) in [5, 5.41) is 0. The molecule has 0 aromatic heterocycles. The average Bonchev–Trinajstić information content (AvgIpc) is 2.99. The molecule has 1 amide bonds. The van der Waals surface area contributed by atoms with Gasteiger partial charge in [0.1, 0.15) is 11.9 Å². The molecule has 3 rings (SSSR count). The van der Waals surface area contributed by atoms with E-state index >= 15 is 13.2 Å². The molecule has 1 N–H and O–H groups in total. The smallest absolute Gasteiger partial charge is 0.283 e. The largest absolute Gasteiger partial charge is 0.331 e. The molecule has 180 valence electrons. The lowest BCUT2D eigenvalue weighted by molar-refractivity contribution is -0.136. The standard InChI is InChI=1S/C23H28F3N3O3S/c1-15(2)22(30)29-14-23(25,26)21(27-33(31,32)28(3)4)19(29)13-17-11-8-12-18(20(17)24)16-9-6-5-7-10-16/h5-12,15,19,21,27H,13-14H2,1-4H3/t19-,21+/m0/s1. The van der Waals surface area contributed by atoms with Crippen LogP contribution < -0.4 is 4.72 Å². The van der Waals surface area contributed by atoms with Crippen molar-refractivity contribution in [2.75, 3.05) is 20.6 Å². The van der Waals surface area contributed by atoms with E-state index < -0.39 is 52.4 Å². The number of carbonyl (C=O) groups excluding carboxylic acids is 1. The summed E-state index contributed by atoms with van der Waals surface area (Å²) in [4.78, 5) is 13.7. The number of nitrogens with one attached hydrogen (secondary N) is 1. The first-order valence-corrected chi connectivity index (χ1v) is 12.0. The van der Waals surface area contributed by atoms with Crippen LogP contribution in [0.25, 0.3) is 11.1 Å². The van der Waals surface area contributed by atoms with Crippen LogP contribution in [0, 0.1) is 11.7 Å². The Morgan fingerprint density at radius 2 is 1.79 bits per heavy atom. The second-order valence-corrected chi connectivity index (χ2v) is 10.6. The van der Waals surface area contributed by atoms with Crippen molar-refractivity contribution in [3.05, 3.63) is 59.9 Å². The van der Waals surface area contributed by atoms with Gasteiger partial charge in [0.25, 0.3) is 16.1 Å². The Balaban J connectivity index is 2.05. The minimum atomic E-state index is -4.24. The number of amides is 1. The Morgan fingerprint density at radius 3 is 2.36 bits per heavy atom. The van der Waals surface area contributed by atoms with Gasteiger partial charge in [-0.25, -0.2) is 13.2 Å². The van der Waals surface area contributed by atoms with Crippen LogP contribution in [-0.2, 0) is 21.4 Å². The molecule has 33 heavy (non-hydrogen) atoms. The zero-order valence-electron chi connectivity index (χ0n) is 18.9. The predicted octanol–water partition coefficient (Wildman–Crippen LogP) is 3.30. The number of hydrogen-bond acceptors (Lipinski definition) is 3. The SMILES string of the molecule is CC(C)C(=O)N1CC(F)(F)[C@H](NS(=O)(=O)N(C)C)[C@@H]1Cc1cccc(-c2ccccc2)c1F. The van der Waals surface area contributed by atoms with Gasteiger partial charge >= 0.3 is 0 Å². The zero-order chi connectivity index (χ0) is 24.6. The molecule has 1 aliphatic heterocycles. The van der Waals surface area contributed by atoms with E-state index in [-0.39, 0.29) is 12.0 Å². The van der Waals surface area contributed by atoms with E-state index in [1.54, 1.807) is 56.3 Å². The summed E-state index contributed by atoms with van der Waals surface area (Å²) in [7, 11) is -1.81. The first kappa shape index (κ1) is 25.2. The molecular weight excluding hydrogens is 455 g/mol. The van der Waals surface area contributed by atoms with Gasteiger partial charge in [-0.2, -0.15) is 17.4 Å². The minimum absolute atomic E-state index is 0.120. The van der Waals surface area contributed by atoms with Crippen molar-refractivity contribution in [1.29, 1.82) is 0 Å². The Hall–Kier alpha value is -2.43. The molecule has 0 unspecified atom stereocenters. The third kappa shape index (κ3) is 5.23. The van der Waals surface area contributed by atoms with Gasteiger partial charge in [-0.1, -0.05) is 62.4 Å². The lowest BCUT2D eigenvalue weighted by Gasteiger charge is -2.30. The van der Waals surface area contributed by atoms with Crippen molar-refractivity contribution >= 4 is 16.1 Å². The minimum Gasteiger partial charge on any atom is -0.331 e. The molecule has 1 heterocycles. The van der Waals surface area contributed by atoms with Gasteiger partial charge in [0.15, 0.2) is 0 Å². The van der Waals surface area contributed by atoms with Crippen molar-refractivity contribution in [2.45, 2.75) is 38.3 Å². The van der Waals surface area contributed by atoms with E-state index in [9.17, 15) is 13.2 Å². The average molecular weight is 484 g/mol. The molecule has 1 aliphatic rings.